The number of ether oxygens (including phenoxy) is 1. The van der Waals surface area contributed by atoms with Crippen molar-refractivity contribution in [2.24, 2.45) is 17.8 Å². The number of nitrogens with one attached hydrogen (secondary N) is 1. The number of carbonyl (C=O) groups is 1. The molecule has 15 heavy (non-hydrogen) atoms. The molecule has 3 nitrogen and oxygen atoms in total. The minimum atomic E-state index is -0.374. The molecule has 1 N–H and O–H groups in total. The van der Waals surface area contributed by atoms with Gasteiger partial charge in [-0.25, -0.2) is 0 Å². The minimum absolute atomic E-state index is 0.0317. The lowest BCUT2D eigenvalue weighted by molar-refractivity contribution is -0.161. The third-order valence-corrected chi connectivity index (χ3v) is 2.83. The van der Waals surface area contributed by atoms with Gasteiger partial charge < -0.3 is 10.1 Å². The van der Waals surface area contributed by atoms with Crippen molar-refractivity contribution in [1.82, 2.24) is 5.32 Å². The first-order valence-corrected chi connectivity index (χ1v) is 5.75. The van der Waals surface area contributed by atoms with Crippen molar-refractivity contribution in [2.45, 2.75) is 40.2 Å². The Labute approximate surface area is 92.6 Å². The van der Waals surface area contributed by atoms with Crippen LogP contribution in [0.1, 0.15) is 34.6 Å². The van der Waals surface area contributed by atoms with Crippen molar-refractivity contribution in [3.05, 3.63) is 0 Å². The van der Waals surface area contributed by atoms with Gasteiger partial charge in [0.25, 0.3) is 0 Å². The van der Waals surface area contributed by atoms with Gasteiger partial charge in [-0.05, 0) is 39.2 Å². The molecule has 0 aliphatic carbocycles. The SMILES string of the molecule is CC(C)[C@@H]1CNC[C@H]1C(=O)OC(C)(C)C. The molecule has 1 fully saturated rings. The third kappa shape index (κ3) is 3.49. The average Bonchev–Trinajstić information content (AvgIpc) is 2.47. The molecule has 1 aliphatic heterocycles. The minimum Gasteiger partial charge on any atom is -0.460 e. The summed E-state index contributed by atoms with van der Waals surface area (Å²) >= 11 is 0. The van der Waals surface area contributed by atoms with Crippen LogP contribution >= 0.6 is 0 Å². The lowest BCUT2D eigenvalue weighted by Gasteiger charge is -2.26. The zero-order valence-electron chi connectivity index (χ0n) is 10.5. The molecule has 0 saturated carbocycles. The number of rotatable bonds is 2. The van der Waals surface area contributed by atoms with E-state index in [4.69, 9.17) is 4.74 Å². The number of hydrogen-bond donors (Lipinski definition) is 1. The van der Waals surface area contributed by atoms with Crippen molar-refractivity contribution in [1.29, 1.82) is 0 Å². The summed E-state index contributed by atoms with van der Waals surface area (Å²) in [6.45, 7) is 11.8. The molecule has 0 radical (unpaired) electrons. The number of carbonyl (C=O) groups excluding carboxylic acids is 1. The lowest BCUT2D eigenvalue weighted by atomic mass is 9.86. The Balaban J connectivity index is 2.59. The second-order valence-corrected chi connectivity index (χ2v) is 5.71. The van der Waals surface area contributed by atoms with E-state index in [2.05, 4.69) is 19.2 Å². The highest BCUT2D eigenvalue weighted by molar-refractivity contribution is 5.74. The highest BCUT2D eigenvalue weighted by atomic mass is 16.6. The molecule has 1 heterocycles. The van der Waals surface area contributed by atoms with E-state index in [0.29, 0.717) is 11.8 Å². The summed E-state index contributed by atoms with van der Waals surface area (Å²) in [5, 5.41) is 3.27. The molecule has 0 aromatic rings. The second kappa shape index (κ2) is 4.52. The van der Waals surface area contributed by atoms with Crippen molar-refractivity contribution in [3.8, 4) is 0 Å². The van der Waals surface area contributed by atoms with Gasteiger partial charge in [-0.1, -0.05) is 13.8 Å². The van der Waals surface area contributed by atoms with Gasteiger partial charge in [0, 0.05) is 6.54 Å². The molecule has 0 aromatic carbocycles. The Bertz CT molecular complexity index is 230. The van der Waals surface area contributed by atoms with Gasteiger partial charge in [0.2, 0.25) is 0 Å². The lowest BCUT2D eigenvalue weighted by Crippen LogP contribution is -2.33. The molecule has 2 atom stereocenters. The zero-order valence-corrected chi connectivity index (χ0v) is 10.5. The van der Waals surface area contributed by atoms with Crippen LogP contribution in [0.15, 0.2) is 0 Å². The van der Waals surface area contributed by atoms with E-state index >= 15 is 0 Å². The quantitative estimate of drug-likeness (QED) is 0.711. The number of hydrogen-bond acceptors (Lipinski definition) is 3. The molecule has 0 aromatic heterocycles. The van der Waals surface area contributed by atoms with E-state index in [1.807, 2.05) is 20.8 Å². The smallest absolute Gasteiger partial charge is 0.311 e. The summed E-state index contributed by atoms with van der Waals surface area (Å²) in [4.78, 5) is 11.9. The van der Waals surface area contributed by atoms with Gasteiger partial charge in [0.05, 0.1) is 5.92 Å². The average molecular weight is 213 g/mol. The van der Waals surface area contributed by atoms with Gasteiger partial charge in [-0.3, -0.25) is 4.79 Å². The van der Waals surface area contributed by atoms with E-state index in [-0.39, 0.29) is 17.5 Å². The van der Waals surface area contributed by atoms with Crippen molar-refractivity contribution in [2.75, 3.05) is 13.1 Å². The zero-order chi connectivity index (χ0) is 11.6. The first kappa shape index (κ1) is 12.5. The third-order valence-electron chi connectivity index (χ3n) is 2.83. The van der Waals surface area contributed by atoms with E-state index in [0.717, 1.165) is 13.1 Å². The normalized spacial score (nSPS) is 27.1. The summed E-state index contributed by atoms with van der Waals surface area (Å²) in [7, 11) is 0. The Morgan fingerprint density at radius 2 is 1.93 bits per heavy atom. The molecule has 0 bridgehead atoms. The van der Waals surface area contributed by atoms with Crippen LogP contribution in [0.25, 0.3) is 0 Å². The van der Waals surface area contributed by atoms with Gasteiger partial charge in [-0.15, -0.1) is 0 Å². The van der Waals surface area contributed by atoms with E-state index in [1.54, 1.807) is 0 Å². The van der Waals surface area contributed by atoms with Crippen LogP contribution in [0.4, 0.5) is 0 Å². The summed E-state index contributed by atoms with van der Waals surface area (Å²) in [5.41, 5.74) is -0.374. The van der Waals surface area contributed by atoms with Crippen LogP contribution in [0.2, 0.25) is 0 Å². The molecule has 0 amide bonds. The Morgan fingerprint density at radius 1 is 1.33 bits per heavy atom. The molecule has 0 unspecified atom stereocenters. The highest BCUT2D eigenvalue weighted by Gasteiger charge is 2.37. The van der Waals surface area contributed by atoms with Crippen LogP contribution in [0.5, 0.6) is 0 Å². The molecule has 3 heteroatoms. The molecule has 1 saturated heterocycles. The van der Waals surface area contributed by atoms with Crippen molar-refractivity contribution in [3.63, 3.8) is 0 Å². The molecule has 1 aliphatic rings. The summed E-state index contributed by atoms with van der Waals surface area (Å²) in [6, 6.07) is 0. The van der Waals surface area contributed by atoms with Gasteiger partial charge in [0.1, 0.15) is 5.60 Å². The Kier molecular flexibility index (Phi) is 3.77. The van der Waals surface area contributed by atoms with Crippen LogP contribution in [-0.2, 0) is 9.53 Å². The monoisotopic (exact) mass is 213 g/mol. The fourth-order valence-electron chi connectivity index (χ4n) is 2.04. The fourth-order valence-corrected chi connectivity index (χ4v) is 2.04. The summed E-state index contributed by atoms with van der Waals surface area (Å²) in [6.07, 6.45) is 0. The standard InChI is InChI=1S/C12H23NO2/c1-8(2)9-6-13-7-10(9)11(14)15-12(3,4)5/h8-10,13H,6-7H2,1-5H3/t9-,10+/m0/s1. The van der Waals surface area contributed by atoms with Gasteiger partial charge >= 0.3 is 5.97 Å². The second-order valence-electron chi connectivity index (χ2n) is 5.71. The Morgan fingerprint density at radius 3 is 2.40 bits per heavy atom. The van der Waals surface area contributed by atoms with Crippen molar-refractivity contribution >= 4 is 5.97 Å². The first-order chi connectivity index (χ1) is 6.81. The molecular weight excluding hydrogens is 190 g/mol. The Hall–Kier alpha value is -0.570. The van der Waals surface area contributed by atoms with Gasteiger partial charge in [-0.2, -0.15) is 0 Å². The predicted octanol–water partition coefficient (Wildman–Crippen LogP) is 1.82. The molecule has 0 spiro atoms. The van der Waals surface area contributed by atoms with Crippen LogP contribution in [-0.4, -0.2) is 24.7 Å². The van der Waals surface area contributed by atoms with Crippen LogP contribution in [0.3, 0.4) is 0 Å². The molecule has 1 rings (SSSR count). The van der Waals surface area contributed by atoms with E-state index < -0.39 is 0 Å². The van der Waals surface area contributed by atoms with Crippen LogP contribution < -0.4 is 5.32 Å². The van der Waals surface area contributed by atoms with Crippen molar-refractivity contribution < 1.29 is 9.53 Å². The van der Waals surface area contributed by atoms with E-state index in [9.17, 15) is 4.79 Å². The maximum atomic E-state index is 11.9. The summed E-state index contributed by atoms with van der Waals surface area (Å²) < 4.78 is 5.42. The predicted molar refractivity (Wildman–Crippen MR) is 60.5 cm³/mol. The maximum absolute atomic E-state index is 11.9. The summed E-state index contributed by atoms with van der Waals surface area (Å²) in [5.74, 6) is 0.924. The van der Waals surface area contributed by atoms with E-state index in [1.165, 1.54) is 0 Å². The molecule has 88 valence electrons. The first-order valence-electron chi connectivity index (χ1n) is 5.75. The van der Waals surface area contributed by atoms with Gasteiger partial charge in [0.15, 0.2) is 0 Å². The fraction of sp³-hybridized carbons (Fsp3) is 0.917. The topological polar surface area (TPSA) is 38.3 Å². The largest absolute Gasteiger partial charge is 0.460 e. The maximum Gasteiger partial charge on any atom is 0.311 e. The highest BCUT2D eigenvalue weighted by Crippen LogP contribution is 2.27. The van der Waals surface area contributed by atoms with Crippen LogP contribution in [0, 0.1) is 17.8 Å². The number of esters is 1. The molecular formula is C12H23NO2.